The summed E-state index contributed by atoms with van der Waals surface area (Å²) in [5.74, 6) is 0. The van der Waals surface area contributed by atoms with Crippen LogP contribution in [0.2, 0.25) is 4.34 Å². The van der Waals surface area contributed by atoms with Crippen LogP contribution in [0.25, 0.3) is 0 Å². The number of aryl methyl sites for hydroxylation is 1. The first-order chi connectivity index (χ1) is 8.22. The van der Waals surface area contributed by atoms with E-state index in [-0.39, 0.29) is 12.1 Å². The van der Waals surface area contributed by atoms with Crippen LogP contribution in [0.3, 0.4) is 0 Å². The summed E-state index contributed by atoms with van der Waals surface area (Å²) in [6.07, 6.45) is 0.0813. The Labute approximate surface area is 111 Å². The molecule has 1 aromatic rings. The maximum Gasteiger partial charge on any atom is 0.101 e. The van der Waals surface area contributed by atoms with Crippen LogP contribution in [-0.2, 0) is 9.47 Å². The average Bonchev–Trinajstić information content (AvgIpc) is 2.67. The van der Waals surface area contributed by atoms with Gasteiger partial charge in [-0.05, 0) is 25.1 Å². The summed E-state index contributed by atoms with van der Waals surface area (Å²) in [5, 5.41) is 3.46. The van der Waals surface area contributed by atoms with Gasteiger partial charge in [-0.3, -0.25) is 0 Å². The van der Waals surface area contributed by atoms with Gasteiger partial charge in [0.05, 0.1) is 30.2 Å². The molecule has 2 heterocycles. The number of hydrogen-bond acceptors (Lipinski definition) is 4. The van der Waals surface area contributed by atoms with Crippen molar-refractivity contribution in [3.05, 3.63) is 20.8 Å². The smallest absolute Gasteiger partial charge is 0.101 e. The second kappa shape index (κ2) is 6.16. The highest BCUT2D eigenvalue weighted by Crippen LogP contribution is 2.33. The molecule has 1 N–H and O–H groups in total. The summed E-state index contributed by atoms with van der Waals surface area (Å²) < 4.78 is 12.1. The van der Waals surface area contributed by atoms with Crippen molar-refractivity contribution in [3.8, 4) is 0 Å². The van der Waals surface area contributed by atoms with Gasteiger partial charge in [0, 0.05) is 4.88 Å². The van der Waals surface area contributed by atoms with Crippen molar-refractivity contribution in [3.63, 3.8) is 0 Å². The summed E-state index contributed by atoms with van der Waals surface area (Å²) in [7, 11) is 0. The summed E-state index contributed by atoms with van der Waals surface area (Å²) in [6, 6.07) is 2.31. The highest BCUT2D eigenvalue weighted by molar-refractivity contribution is 7.16. The van der Waals surface area contributed by atoms with Crippen LogP contribution in [0.4, 0.5) is 0 Å². The molecule has 5 heteroatoms. The Hall–Kier alpha value is -0.130. The molecule has 0 spiro atoms. The largest absolute Gasteiger partial charge is 0.376 e. The van der Waals surface area contributed by atoms with E-state index in [1.54, 1.807) is 11.3 Å². The van der Waals surface area contributed by atoms with Crippen LogP contribution in [-0.4, -0.2) is 32.5 Å². The van der Waals surface area contributed by atoms with Crippen LogP contribution in [0, 0.1) is 6.92 Å². The molecule has 2 atom stereocenters. The fourth-order valence-corrected chi connectivity index (χ4v) is 3.32. The van der Waals surface area contributed by atoms with Crippen molar-refractivity contribution >= 4 is 22.9 Å². The van der Waals surface area contributed by atoms with Gasteiger partial charge < -0.3 is 14.8 Å². The Kier molecular flexibility index (Phi) is 4.82. The molecule has 0 amide bonds. The Bertz CT molecular complexity index is 344. The van der Waals surface area contributed by atoms with E-state index in [0.717, 1.165) is 16.4 Å². The lowest BCUT2D eigenvalue weighted by molar-refractivity contribution is -0.102. The first-order valence-corrected chi connectivity index (χ1v) is 7.10. The second-order valence-electron chi connectivity index (χ2n) is 4.12. The van der Waals surface area contributed by atoms with Gasteiger partial charge in [-0.15, -0.1) is 11.3 Å². The molecule has 2 unspecified atom stereocenters. The highest BCUT2D eigenvalue weighted by atomic mass is 35.5. The van der Waals surface area contributed by atoms with Crippen molar-refractivity contribution in [2.24, 2.45) is 0 Å². The molecule has 0 aliphatic carbocycles. The molecule has 1 fully saturated rings. The molecule has 0 saturated carbocycles. The third kappa shape index (κ3) is 3.20. The standard InChI is InChI=1S/C12H18ClNO2S/c1-3-14-11(9-7-15-4-5-16-9)10-6-8(2)12(13)17-10/h6,9,11,14H,3-5,7H2,1-2H3. The van der Waals surface area contributed by atoms with Gasteiger partial charge in [0.25, 0.3) is 0 Å². The number of likely N-dealkylation sites (N-methyl/N-ethyl adjacent to an activating group) is 1. The van der Waals surface area contributed by atoms with Crippen molar-refractivity contribution in [2.45, 2.75) is 26.0 Å². The van der Waals surface area contributed by atoms with Crippen molar-refractivity contribution in [1.29, 1.82) is 0 Å². The minimum absolute atomic E-state index is 0.0813. The van der Waals surface area contributed by atoms with Crippen LogP contribution in [0.5, 0.6) is 0 Å². The van der Waals surface area contributed by atoms with E-state index in [0.29, 0.717) is 19.8 Å². The number of thiophene rings is 1. The molecule has 3 nitrogen and oxygen atoms in total. The highest BCUT2D eigenvalue weighted by Gasteiger charge is 2.27. The van der Waals surface area contributed by atoms with E-state index in [2.05, 4.69) is 18.3 Å². The average molecular weight is 276 g/mol. The molecule has 0 radical (unpaired) electrons. The van der Waals surface area contributed by atoms with E-state index in [4.69, 9.17) is 21.1 Å². The van der Waals surface area contributed by atoms with E-state index in [9.17, 15) is 0 Å². The summed E-state index contributed by atoms with van der Waals surface area (Å²) >= 11 is 7.75. The van der Waals surface area contributed by atoms with E-state index in [1.807, 2.05) is 6.92 Å². The normalized spacial score (nSPS) is 22.6. The van der Waals surface area contributed by atoms with Crippen LogP contribution >= 0.6 is 22.9 Å². The zero-order valence-corrected chi connectivity index (χ0v) is 11.7. The lowest BCUT2D eigenvalue weighted by Crippen LogP contribution is -2.40. The lowest BCUT2D eigenvalue weighted by atomic mass is 10.1. The van der Waals surface area contributed by atoms with Crippen LogP contribution in [0.15, 0.2) is 6.07 Å². The second-order valence-corrected chi connectivity index (χ2v) is 5.81. The SMILES string of the molecule is CCNC(c1cc(C)c(Cl)s1)C1COCCO1. The summed E-state index contributed by atoms with van der Waals surface area (Å²) in [4.78, 5) is 1.23. The topological polar surface area (TPSA) is 30.5 Å². The fourth-order valence-electron chi connectivity index (χ4n) is 1.97. The molecule has 0 bridgehead atoms. The predicted molar refractivity (Wildman–Crippen MR) is 71.0 cm³/mol. The first-order valence-electron chi connectivity index (χ1n) is 5.91. The van der Waals surface area contributed by atoms with Crippen molar-refractivity contribution in [1.82, 2.24) is 5.32 Å². The molecular weight excluding hydrogens is 258 g/mol. The molecule has 0 aromatic carbocycles. The van der Waals surface area contributed by atoms with Gasteiger partial charge in [-0.1, -0.05) is 18.5 Å². The zero-order valence-electron chi connectivity index (χ0n) is 10.2. The van der Waals surface area contributed by atoms with E-state index >= 15 is 0 Å². The number of halogens is 1. The molecule has 17 heavy (non-hydrogen) atoms. The lowest BCUT2D eigenvalue weighted by Gasteiger charge is -2.30. The minimum Gasteiger partial charge on any atom is -0.376 e. The minimum atomic E-state index is 0.0813. The molecule has 96 valence electrons. The molecular formula is C12H18ClNO2S. The van der Waals surface area contributed by atoms with Gasteiger partial charge in [0.15, 0.2) is 0 Å². The number of nitrogens with one attached hydrogen (secondary N) is 1. The predicted octanol–water partition coefficient (Wildman–Crippen LogP) is 2.78. The molecule has 1 aromatic heterocycles. The van der Waals surface area contributed by atoms with Gasteiger partial charge >= 0.3 is 0 Å². The van der Waals surface area contributed by atoms with Crippen LogP contribution < -0.4 is 5.32 Å². The monoisotopic (exact) mass is 275 g/mol. The summed E-state index contributed by atoms with van der Waals surface area (Å²) in [5.41, 5.74) is 1.13. The number of hydrogen-bond donors (Lipinski definition) is 1. The van der Waals surface area contributed by atoms with Crippen LogP contribution in [0.1, 0.15) is 23.4 Å². The van der Waals surface area contributed by atoms with E-state index < -0.39 is 0 Å². The Balaban J connectivity index is 2.15. The molecule has 1 saturated heterocycles. The third-order valence-corrected chi connectivity index (χ3v) is 4.46. The molecule has 1 aliphatic rings. The molecule has 2 rings (SSSR count). The van der Waals surface area contributed by atoms with Gasteiger partial charge in [0.2, 0.25) is 0 Å². The maximum atomic E-state index is 6.13. The fraction of sp³-hybridized carbons (Fsp3) is 0.667. The van der Waals surface area contributed by atoms with Gasteiger partial charge in [-0.25, -0.2) is 0 Å². The van der Waals surface area contributed by atoms with Crippen molar-refractivity contribution in [2.75, 3.05) is 26.4 Å². The maximum absolute atomic E-state index is 6.13. The zero-order chi connectivity index (χ0) is 12.3. The number of rotatable bonds is 4. The Morgan fingerprint density at radius 3 is 2.94 bits per heavy atom. The number of ether oxygens (including phenoxy) is 2. The Morgan fingerprint density at radius 2 is 2.41 bits per heavy atom. The van der Waals surface area contributed by atoms with E-state index in [1.165, 1.54) is 4.88 Å². The summed E-state index contributed by atoms with van der Waals surface area (Å²) in [6.45, 7) is 7.04. The quantitative estimate of drug-likeness (QED) is 0.917. The van der Waals surface area contributed by atoms with Gasteiger partial charge in [-0.2, -0.15) is 0 Å². The molecule has 1 aliphatic heterocycles. The first kappa shape index (κ1) is 13.3. The van der Waals surface area contributed by atoms with Gasteiger partial charge in [0.1, 0.15) is 6.10 Å². The van der Waals surface area contributed by atoms with Crippen molar-refractivity contribution < 1.29 is 9.47 Å². The third-order valence-electron chi connectivity index (χ3n) is 2.82. The Morgan fingerprint density at radius 1 is 1.59 bits per heavy atom.